The van der Waals surface area contributed by atoms with Gasteiger partial charge < -0.3 is 25.2 Å². The zero-order valence-electron chi connectivity index (χ0n) is 19.2. The molecule has 2 aliphatic rings. The molecule has 172 valence electrons. The predicted octanol–water partition coefficient (Wildman–Crippen LogP) is 3.86. The Balaban J connectivity index is 1.37. The van der Waals surface area contributed by atoms with E-state index in [1.165, 1.54) is 29.5 Å². The average molecular weight is 438 g/mol. The molecule has 1 aliphatic carbocycles. The Morgan fingerprint density at radius 2 is 2.00 bits per heavy atom. The van der Waals surface area contributed by atoms with E-state index >= 15 is 0 Å². The van der Waals surface area contributed by atoms with E-state index in [1.54, 1.807) is 7.05 Å². The lowest BCUT2D eigenvalue weighted by Gasteiger charge is -2.21. The summed E-state index contributed by atoms with van der Waals surface area (Å²) in [4.78, 5) is 4.37. The molecule has 1 aliphatic heterocycles. The van der Waals surface area contributed by atoms with E-state index in [-0.39, 0.29) is 0 Å². The molecule has 3 N–H and O–H groups in total. The lowest BCUT2D eigenvalue weighted by atomic mass is 9.88. The Kier molecular flexibility index (Phi) is 7.53. The number of ether oxygens (including phenoxy) is 2. The van der Waals surface area contributed by atoms with Gasteiger partial charge in [-0.3, -0.25) is 4.99 Å². The molecule has 1 unspecified atom stereocenters. The van der Waals surface area contributed by atoms with Gasteiger partial charge in [-0.2, -0.15) is 0 Å². The second kappa shape index (κ2) is 10.7. The summed E-state index contributed by atoms with van der Waals surface area (Å²) in [7, 11) is 1.77. The van der Waals surface area contributed by atoms with E-state index in [4.69, 9.17) is 9.47 Å². The van der Waals surface area contributed by atoms with Crippen molar-refractivity contribution >= 4 is 5.96 Å². The minimum atomic E-state index is 0.360. The van der Waals surface area contributed by atoms with Crippen molar-refractivity contribution in [3.8, 4) is 11.5 Å². The molecule has 32 heavy (non-hydrogen) atoms. The van der Waals surface area contributed by atoms with Gasteiger partial charge in [0.2, 0.25) is 0 Å². The third-order valence-electron chi connectivity index (χ3n) is 6.45. The molecule has 4 rings (SSSR count). The van der Waals surface area contributed by atoms with Crippen LogP contribution in [0.4, 0.5) is 0 Å². The molecule has 0 radical (unpaired) electrons. The quantitative estimate of drug-likeness (QED) is 0.453. The fourth-order valence-corrected chi connectivity index (χ4v) is 4.53. The summed E-state index contributed by atoms with van der Waals surface area (Å²) in [6, 6.07) is 10.2. The summed E-state index contributed by atoms with van der Waals surface area (Å²) in [5.41, 5.74) is 5.92. The maximum Gasteiger partial charge on any atom is 0.191 e. The highest BCUT2D eigenvalue weighted by molar-refractivity contribution is 5.79. The molecule has 6 nitrogen and oxygen atoms in total. The van der Waals surface area contributed by atoms with Crippen LogP contribution in [-0.2, 0) is 30.7 Å². The third-order valence-corrected chi connectivity index (χ3v) is 6.45. The Bertz CT molecular complexity index is 952. The van der Waals surface area contributed by atoms with Crippen LogP contribution in [0, 0.1) is 12.8 Å². The number of fused-ring (bicyclic) bond motifs is 1. The molecule has 1 heterocycles. The van der Waals surface area contributed by atoms with Crippen LogP contribution in [0.25, 0.3) is 0 Å². The number of nitrogens with zero attached hydrogens (tertiary/aromatic N) is 1. The molecular weight excluding hydrogens is 402 g/mol. The highest BCUT2D eigenvalue weighted by atomic mass is 16.5. The summed E-state index contributed by atoms with van der Waals surface area (Å²) in [5.74, 6) is 2.44. The molecule has 1 fully saturated rings. The van der Waals surface area contributed by atoms with E-state index in [2.05, 4.69) is 46.8 Å². The van der Waals surface area contributed by atoms with Crippen LogP contribution < -0.4 is 15.4 Å². The Labute approximate surface area is 191 Å². The maximum atomic E-state index is 10.4. The van der Waals surface area contributed by atoms with Gasteiger partial charge in [0.25, 0.3) is 0 Å². The first-order chi connectivity index (χ1) is 15.6. The van der Waals surface area contributed by atoms with E-state index in [0.717, 1.165) is 49.4 Å². The van der Waals surface area contributed by atoms with Crippen LogP contribution in [0.3, 0.4) is 0 Å². The van der Waals surface area contributed by atoms with Crippen molar-refractivity contribution in [2.75, 3.05) is 26.9 Å². The highest BCUT2D eigenvalue weighted by Crippen LogP contribution is 2.30. The summed E-state index contributed by atoms with van der Waals surface area (Å²) in [5, 5.41) is 17.2. The molecule has 0 aromatic heterocycles. The van der Waals surface area contributed by atoms with Crippen molar-refractivity contribution in [1.29, 1.82) is 0 Å². The summed E-state index contributed by atoms with van der Waals surface area (Å²) < 4.78 is 11.6. The normalized spacial score (nSPS) is 18.3. The molecule has 0 amide bonds. The lowest BCUT2D eigenvalue weighted by molar-refractivity contribution is 0.166. The van der Waals surface area contributed by atoms with Crippen LogP contribution in [0.5, 0.6) is 11.5 Å². The molecule has 6 heteroatoms. The van der Waals surface area contributed by atoms with Crippen molar-refractivity contribution in [1.82, 2.24) is 10.6 Å². The van der Waals surface area contributed by atoms with Gasteiger partial charge in [0, 0.05) is 43.8 Å². The number of guanidine groups is 1. The van der Waals surface area contributed by atoms with Gasteiger partial charge in [0.1, 0.15) is 11.5 Å². The molecule has 0 bridgehead atoms. The first kappa shape index (κ1) is 22.5. The fraction of sp³-hybridized carbons (Fsp3) is 0.500. The van der Waals surface area contributed by atoms with E-state index in [9.17, 15) is 5.11 Å². The number of aromatic hydroxyl groups is 1. The topological polar surface area (TPSA) is 75.1 Å². The lowest BCUT2D eigenvalue weighted by Crippen LogP contribution is -2.36. The molecule has 2 aromatic carbocycles. The number of phenols is 1. The smallest absolute Gasteiger partial charge is 0.191 e. The molecular formula is C26H35N3O3. The van der Waals surface area contributed by atoms with Gasteiger partial charge in [0.05, 0.1) is 13.2 Å². The Morgan fingerprint density at radius 1 is 1.16 bits per heavy atom. The number of nitrogens with one attached hydrogen (secondary N) is 2. The van der Waals surface area contributed by atoms with Gasteiger partial charge in [0.15, 0.2) is 5.96 Å². The second-order valence-corrected chi connectivity index (χ2v) is 8.84. The van der Waals surface area contributed by atoms with Crippen LogP contribution in [0.2, 0.25) is 0 Å². The largest absolute Gasteiger partial charge is 0.508 e. The third kappa shape index (κ3) is 5.54. The summed E-state index contributed by atoms with van der Waals surface area (Å²) >= 11 is 0. The van der Waals surface area contributed by atoms with Crippen molar-refractivity contribution < 1.29 is 14.6 Å². The Hall–Kier alpha value is -2.73. The van der Waals surface area contributed by atoms with Crippen LogP contribution in [0.15, 0.2) is 35.3 Å². The monoisotopic (exact) mass is 437 g/mol. The number of hydrogen-bond acceptors (Lipinski definition) is 4. The van der Waals surface area contributed by atoms with Gasteiger partial charge in [-0.05, 0) is 67.9 Å². The predicted molar refractivity (Wildman–Crippen MR) is 127 cm³/mol. The zero-order chi connectivity index (χ0) is 22.3. The molecule has 2 aromatic rings. The number of phenolic OH excluding ortho intramolecular Hbond substituents is 1. The van der Waals surface area contributed by atoms with Crippen LogP contribution in [-0.4, -0.2) is 37.9 Å². The minimum Gasteiger partial charge on any atom is -0.508 e. The second-order valence-electron chi connectivity index (χ2n) is 8.84. The van der Waals surface area contributed by atoms with E-state index < -0.39 is 0 Å². The number of rotatable bonds is 7. The van der Waals surface area contributed by atoms with Crippen molar-refractivity contribution in [3.63, 3.8) is 0 Å². The van der Waals surface area contributed by atoms with Crippen molar-refractivity contribution in [2.24, 2.45) is 10.9 Å². The minimum absolute atomic E-state index is 0.360. The van der Waals surface area contributed by atoms with Crippen molar-refractivity contribution in [3.05, 3.63) is 58.1 Å². The van der Waals surface area contributed by atoms with Gasteiger partial charge in [-0.15, -0.1) is 0 Å². The van der Waals surface area contributed by atoms with Crippen LogP contribution in [0.1, 0.15) is 47.1 Å². The maximum absolute atomic E-state index is 10.4. The molecule has 1 saturated heterocycles. The molecule has 0 saturated carbocycles. The summed E-state index contributed by atoms with van der Waals surface area (Å²) in [6.45, 7) is 5.53. The van der Waals surface area contributed by atoms with Gasteiger partial charge >= 0.3 is 0 Å². The summed E-state index contributed by atoms with van der Waals surface area (Å²) in [6.07, 6.45) is 5.59. The SMILES string of the molecule is CN=C(NCc1ccc(C)cc1OCC1CCOC1)NCc1c(O)ccc2c1CCCC2. The zero-order valence-corrected chi connectivity index (χ0v) is 19.2. The number of benzene rings is 2. The molecule has 0 spiro atoms. The highest BCUT2D eigenvalue weighted by Gasteiger charge is 2.18. The van der Waals surface area contributed by atoms with Gasteiger partial charge in [-0.25, -0.2) is 0 Å². The van der Waals surface area contributed by atoms with E-state index in [1.807, 2.05) is 6.07 Å². The number of aryl methyl sites for hydroxylation is 2. The van der Waals surface area contributed by atoms with E-state index in [0.29, 0.717) is 37.3 Å². The fourth-order valence-electron chi connectivity index (χ4n) is 4.53. The first-order valence-electron chi connectivity index (χ1n) is 11.7. The number of hydrogen-bond donors (Lipinski definition) is 3. The Morgan fingerprint density at radius 3 is 2.81 bits per heavy atom. The van der Waals surface area contributed by atoms with Crippen LogP contribution >= 0.6 is 0 Å². The van der Waals surface area contributed by atoms with Crippen molar-refractivity contribution in [2.45, 2.75) is 52.1 Å². The first-order valence-corrected chi connectivity index (χ1v) is 11.7. The number of aliphatic imine (C=N–C) groups is 1. The average Bonchev–Trinajstić information content (AvgIpc) is 3.33. The van der Waals surface area contributed by atoms with Gasteiger partial charge in [-0.1, -0.05) is 18.2 Å². The standard InChI is InChI=1S/C26H35N3O3/c1-18-7-8-21(25(13-18)32-17-19-11-12-31-16-19)14-28-26(27-2)29-15-23-22-6-4-3-5-20(22)9-10-24(23)30/h7-10,13,19,30H,3-6,11-12,14-17H2,1-2H3,(H2,27,28,29). The molecule has 1 atom stereocenters.